The van der Waals surface area contributed by atoms with Gasteiger partial charge in [0, 0.05) is 0 Å². The number of hydrogen-bond acceptors (Lipinski definition) is 1. The van der Waals surface area contributed by atoms with E-state index in [1.165, 1.54) is 6.42 Å². The summed E-state index contributed by atoms with van der Waals surface area (Å²) in [4.78, 5) is 0. The van der Waals surface area contributed by atoms with Crippen molar-refractivity contribution in [2.75, 3.05) is 0 Å². The summed E-state index contributed by atoms with van der Waals surface area (Å²) in [6, 6.07) is 0. The molecule has 0 unspecified atom stereocenters. The molecule has 0 saturated heterocycles. The highest BCUT2D eigenvalue weighted by atomic mass is 16.3. The van der Waals surface area contributed by atoms with Gasteiger partial charge in [-0.1, -0.05) is 19.4 Å². The zero-order chi connectivity index (χ0) is 7.61. The van der Waals surface area contributed by atoms with Crippen molar-refractivity contribution in [3.63, 3.8) is 0 Å². The molecular weight excluding hydrogens is 124 g/mol. The van der Waals surface area contributed by atoms with Crippen LogP contribution in [-0.4, -0.2) is 11.2 Å². The van der Waals surface area contributed by atoms with Gasteiger partial charge in [0.15, 0.2) is 0 Å². The van der Waals surface area contributed by atoms with Gasteiger partial charge in [-0.25, -0.2) is 0 Å². The number of hydrogen-bond donors (Lipinski definition) is 1. The second-order valence-electron chi connectivity index (χ2n) is 3.61. The van der Waals surface area contributed by atoms with Crippen LogP contribution in [0.3, 0.4) is 0 Å². The molecule has 0 amide bonds. The maximum atomic E-state index is 9.33. The van der Waals surface area contributed by atoms with Gasteiger partial charge in [0.05, 0.1) is 6.10 Å². The van der Waals surface area contributed by atoms with Gasteiger partial charge < -0.3 is 5.11 Å². The predicted octanol–water partition coefficient (Wildman–Crippen LogP) is 2.11. The molecule has 0 radical (unpaired) electrons. The Morgan fingerprint density at radius 2 is 2.40 bits per heavy atom. The van der Waals surface area contributed by atoms with Crippen LogP contribution in [0, 0.1) is 5.41 Å². The van der Waals surface area contributed by atoms with Gasteiger partial charge in [-0.15, -0.1) is 6.58 Å². The van der Waals surface area contributed by atoms with Crippen LogP contribution < -0.4 is 0 Å². The lowest BCUT2D eigenvalue weighted by Gasteiger charge is -2.33. The molecule has 1 heteroatoms. The zero-order valence-corrected chi connectivity index (χ0v) is 6.64. The molecule has 1 fully saturated rings. The van der Waals surface area contributed by atoms with Gasteiger partial charge in [-0.2, -0.15) is 0 Å². The highest BCUT2D eigenvalue weighted by Crippen LogP contribution is 2.36. The number of aliphatic hydroxyl groups excluding tert-OH is 1. The Labute approximate surface area is 62.8 Å². The van der Waals surface area contributed by atoms with Crippen LogP contribution in [0.15, 0.2) is 12.7 Å². The van der Waals surface area contributed by atoms with Crippen molar-refractivity contribution in [2.24, 2.45) is 5.41 Å². The van der Waals surface area contributed by atoms with E-state index in [1.807, 2.05) is 6.08 Å². The van der Waals surface area contributed by atoms with Gasteiger partial charge in [0.25, 0.3) is 0 Å². The van der Waals surface area contributed by atoms with Crippen molar-refractivity contribution < 1.29 is 5.11 Å². The summed E-state index contributed by atoms with van der Waals surface area (Å²) in [6.45, 7) is 5.95. The fourth-order valence-corrected chi connectivity index (χ4v) is 1.67. The van der Waals surface area contributed by atoms with E-state index in [4.69, 9.17) is 0 Å². The lowest BCUT2D eigenvalue weighted by Crippen LogP contribution is -2.26. The molecule has 0 heterocycles. The standard InChI is InChI=1S/C9H16O/c1-3-9(2)6-4-5-8(10)7-9/h3,8,10H,1,4-7H2,2H3/t8-,9+/m0/s1. The molecule has 0 spiro atoms. The second-order valence-corrected chi connectivity index (χ2v) is 3.61. The molecule has 1 aliphatic carbocycles. The molecule has 58 valence electrons. The lowest BCUT2D eigenvalue weighted by molar-refractivity contribution is 0.0795. The Morgan fingerprint density at radius 1 is 1.70 bits per heavy atom. The topological polar surface area (TPSA) is 20.2 Å². The van der Waals surface area contributed by atoms with Crippen LogP contribution in [-0.2, 0) is 0 Å². The molecule has 1 saturated carbocycles. The first kappa shape index (κ1) is 7.80. The third-order valence-electron chi connectivity index (χ3n) is 2.48. The number of rotatable bonds is 1. The highest BCUT2D eigenvalue weighted by molar-refractivity contribution is 4.95. The van der Waals surface area contributed by atoms with Crippen LogP contribution in [0.1, 0.15) is 32.6 Å². The van der Waals surface area contributed by atoms with Gasteiger partial charge in [0.1, 0.15) is 0 Å². The minimum Gasteiger partial charge on any atom is -0.393 e. The lowest BCUT2D eigenvalue weighted by atomic mass is 9.75. The van der Waals surface area contributed by atoms with Crippen molar-refractivity contribution in [1.29, 1.82) is 0 Å². The van der Waals surface area contributed by atoms with E-state index in [0.29, 0.717) is 0 Å². The molecule has 1 aliphatic rings. The number of aliphatic hydroxyl groups is 1. The van der Waals surface area contributed by atoms with Crippen LogP contribution in [0.4, 0.5) is 0 Å². The molecule has 10 heavy (non-hydrogen) atoms. The summed E-state index contributed by atoms with van der Waals surface area (Å²) in [5.74, 6) is 0. The van der Waals surface area contributed by atoms with Gasteiger partial charge in [0.2, 0.25) is 0 Å². The first-order valence-corrected chi connectivity index (χ1v) is 3.98. The molecule has 0 bridgehead atoms. The van der Waals surface area contributed by atoms with E-state index in [1.54, 1.807) is 0 Å². The van der Waals surface area contributed by atoms with Crippen LogP contribution in [0.2, 0.25) is 0 Å². The first-order valence-electron chi connectivity index (χ1n) is 3.98. The molecule has 0 aromatic rings. The quantitative estimate of drug-likeness (QED) is 0.553. The first-order chi connectivity index (χ1) is 4.66. The summed E-state index contributed by atoms with van der Waals surface area (Å²) in [6.07, 6.45) is 6.10. The summed E-state index contributed by atoms with van der Waals surface area (Å²) >= 11 is 0. The van der Waals surface area contributed by atoms with E-state index in [9.17, 15) is 5.11 Å². The van der Waals surface area contributed by atoms with Crippen LogP contribution in [0.5, 0.6) is 0 Å². The molecule has 2 atom stereocenters. The largest absolute Gasteiger partial charge is 0.393 e. The third kappa shape index (κ3) is 1.60. The van der Waals surface area contributed by atoms with Gasteiger partial charge >= 0.3 is 0 Å². The van der Waals surface area contributed by atoms with Crippen LogP contribution >= 0.6 is 0 Å². The van der Waals surface area contributed by atoms with Crippen molar-refractivity contribution in [3.05, 3.63) is 12.7 Å². The van der Waals surface area contributed by atoms with Crippen molar-refractivity contribution >= 4 is 0 Å². The van der Waals surface area contributed by atoms with Gasteiger partial charge in [-0.05, 0) is 24.7 Å². The minimum absolute atomic E-state index is 0.0863. The fourth-order valence-electron chi connectivity index (χ4n) is 1.67. The molecule has 0 aromatic carbocycles. The predicted molar refractivity (Wildman–Crippen MR) is 42.8 cm³/mol. The van der Waals surface area contributed by atoms with Crippen molar-refractivity contribution in [2.45, 2.75) is 38.7 Å². The third-order valence-corrected chi connectivity index (χ3v) is 2.48. The fraction of sp³-hybridized carbons (Fsp3) is 0.778. The van der Waals surface area contributed by atoms with Crippen LogP contribution in [0.25, 0.3) is 0 Å². The zero-order valence-electron chi connectivity index (χ0n) is 6.64. The maximum Gasteiger partial charge on any atom is 0.0548 e. The molecule has 0 aliphatic heterocycles. The maximum absolute atomic E-state index is 9.33. The van der Waals surface area contributed by atoms with Crippen molar-refractivity contribution in [1.82, 2.24) is 0 Å². The normalized spacial score (nSPS) is 41.2. The SMILES string of the molecule is C=C[C@]1(C)CCC[C@H](O)C1. The average molecular weight is 140 g/mol. The number of allylic oxidation sites excluding steroid dienone is 1. The summed E-state index contributed by atoms with van der Waals surface area (Å²) in [5.41, 5.74) is 0.206. The monoisotopic (exact) mass is 140 g/mol. The second kappa shape index (κ2) is 2.75. The summed E-state index contributed by atoms with van der Waals surface area (Å²) in [7, 11) is 0. The smallest absolute Gasteiger partial charge is 0.0548 e. The Morgan fingerprint density at radius 3 is 2.80 bits per heavy atom. The van der Waals surface area contributed by atoms with E-state index in [-0.39, 0.29) is 11.5 Å². The Kier molecular flexibility index (Phi) is 2.14. The molecule has 1 N–H and O–H groups in total. The summed E-state index contributed by atoms with van der Waals surface area (Å²) < 4.78 is 0. The average Bonchev–Trinajstić information content (AvgIpc) is 1.88. The Bertz CT molecular complexity index is 131. The van der Waals surface area contributed by atoms with Gasteiger partial charge in [-0.3, -0.25) is 0 Å². The van der Waals surface area contributed by atoms with E-state index >= 15 is 0 Å². The molecule has 0 aromatic heterocycles. The van der Waals surface area contributed by atoms with E-state index in [0.717, 1.165) is 19.3 Å². The molecular formula is C9H16O. The van der Waals surface area contributed by atoms with E-state index < -0.39 is 0 Å². The Balaban J connectivity index is 2.53. The molecule has 1 nitrogen and oxygen atoms in total. The minimum atomic E-state index is -0.0863. The highest BCUT2D eigenvalue weighted by Gasteiger charge is 2.27. The van der Waals surface area contributed by atoms with E-state index in [2.05, 4.69) is 13.5 Å². The Hall–Kier alpha value is -0.300. The molecule has 1 rings (SSSR count). The van der Waals surface area contributed by atoms with Crippen molar-refractivity contribution in [3.8, 4) is 0 Å². The summed E-state index contributed by atoms with van der Waals surface area (Å²) in [5, 5.41) is 9.33.